The highest BCUT2D eigenvalue weighted by molar-refractivity contribution is 6.30. The Morgan fingerprint density at radius 2 is 1.62 bits per heavy atom. The van der Waals surface area contributed by atoms with Gasteiger partial charge in [0.25, 0.3) is 0 Å². The van der Waals surface area contributed by atoms with E-state index in [2.05, 4.69) is 10.6 Å². The molecule has 2 aromatic carbocycles. The quantitative estimate of drug-likeness (QED) is 0.792. The zero-order chi connectivity index (χ0) is 18.7. The molecule has 2 amide bonds. The Morgan fingerprint density at radius 1 is 1.00 bits per heavy atom. The first-order chi connectivity index (χ1) is 12.4. The average Bonchev–Trinajstić information content (AvgIpc) is 3.39. The summed E-state index contributed by atoms with van der Waals surface area (Å²) in [6, 6.07) is 14.2. The third-order valence-electron chi connectivity index (χ3n) is 4.08. The van der Waals surface area contributed by atoms with Gasteiger partial charge in [0.15, 0.2) is 0 Å². The van der Waals surface area contributed by atoms with Gasteiger partial charge in [-0.2, -0.15) is 0 Å². The second kappa shape index (κ2) is 7.79. The van der Waals surface area contributed by atoms with Crippen molar-refractivity contribution < 1.29 is 14.3 Å². The number of rotatable bonds is 6. The van der Waals surface area contributed by atoms with E-state index in [9.17, 15) is 9.59 Å². The molecule has 6 heteroatoms. The van der Waals surface area contributed by atoms with E-state index < -0.39 is 0 Å². The molecule has 2 atom stereocenters. The number of benzene rings is 2. The average molecular weight is 373 g/mol. The first-order valence-electron chi connectivity index (χ1n) is 8.57. The summed E-state index contributed by atoms with van der Waals surface area (Å²) in [4.78, 5) is 24.8. The van der Waals surface area contributed by atoms with Crippen LogP contribution in [-0.4, -0.2) is 17.9 Å². The van der Waals surface area contributed by atoms with Gasteiger partial charge >= 0.3 is 0 Å². The second-order valence-electron chi connectivity index (χ2n) is 6.60. The number of carbonyl (C=O) groups excluding carboxylic acids is 2. The molecule has 0 radical (unpaired) electrons. The van der Waals surface area contributed by atoms with Gasteiger partial charge in [-0.15, -0.1) is 0 Å². The Bertz CT molecular complexity index is 805. The second-order valence-corrected chi connectivity index (χ2v) is 7.03. The molecule has 26 heavy (non-hydrogen) atoms. The number of halogens is 1. The number of amides is 2. The third-order valence-corrected chi connectivity index (χ3v) is 4.34. The molecular weight excluding hydrogens is 352 g/mol. The number of anilines is 2. The molecule has 0 saturated heterocycles. The van der Waals surface area contributed by atoms with Crippen LogP contribution < -0.4 is 15.4 Å². The maximum absolute atomic E-state index is 12.5. The van der Waals surface area contributed by atoms with Crippen LogP contribution in [0.1, 0.15) is 20.3 Å². The van der Waals surface area contributed by atoms with E-state index >= 15 is 0 Å². The van der Waals surface area contributed by atoms with Crippen LogP contribution >= 0.6 is 11.6 Å². The van der Waals surface area contributed by atoms with Crippen molar-refractivity contribution in [3.8, 4) is 5.75 Å². The molecule has 0 aromatic heterocycles. The Hall–Kier alpha value is -2.53. The zero-order valence-electron chi connectivity index (χ0n) is 14.7. The van der Waals surface area contributed by atoms with Crippen molar-refractivity contribution in [1.82, 2.24) is 0 Å². The first-order valence-corrected chi connectivity index (χ1v) is 8.95. The van der Waals surface area contributed by atoms with Crippen LogP contribution in [-0.2, 0) is 9.59 Å². The highest BCUT2D eigenvalue weighted by Crippen LogP contribution is 2.41. The SMILES string of the molecule is CC(C)Oc1ccccc1NC(=O)C1CC1C(=O)Nc1ccc(Cl)cc1. The Labute approximate surface area is 157 Å². The summed E-state index contributed by atoms with van der Waals surface area (Å²) in [6.45, 7) is 3.85. The predicted octanol–water partition coefficient (Wildman–Crippen LogP) is 4.34. The standard InChI is InChI=1S/C20H21ClN2O3/c1-12(2)26-18-6-4-3-5-17(18)23-20(25)16-11-15(16)19(24)22-14-9-7-13(21)8-10-14/h3-10,12,15-16H,11H2,1-2H3,(H,22,24)(H,23,25). The molecule has 2 unspecified atom stereocenters. The Morgan fingerprint density at radius 3 is 2.27 bits per heavy atom. The molecule has 136 valence electrons. The fourth-order valence-electron chi connectivity index (χ4n) is 2.69. The predicted molar refractivity (Wildman–Crippen MR) is 103 cm³/mol. The number of nitrogens with one attached hydrogen (secondary N) is 2. The molecule has 1 aliphatic rings. The van der Waals surface area contributed by atoms with Crippen LogP contribution in [0.15, 0.2) is 48.5 Å². The lowest BCUT2D eigenvalue weighted by atomic mass is 10.2. The first kappa shape index (κ1) is 18.3. The van der Waals surface area contributed by atoms with E-state index in [-0.39, 0.29) is 29.8 Å². The van der Waals surface area contributed by atoms with Crippen molar-refractivity contribution in [2.75, 3.05) is 10.6 Å². The largest absolute Gasteiger partial charge is 0.489 e. The van der Waals surface area contributed by atoms with Crippen molar-refractivity contribution in [1.29, 1.82) is 0 Å². The lowest BCUT2D eigenvalue weighted by molar-refractivity contribution is -0.122. The summed E-state index contributed by atoms with van der Waals surface area (Å²) in [6.07, 6.45) is 0.547. The molecule has 5 nitrogen and oxygen atoms in total. The number of hydrogen-bond acceptors (Lipinski definition) is 3. The molecule has 2 N–H and O–H groups in total. The third kappa shape index (κ3) is 4.55. The number of para-hydroxylation sites is 2. The van der Waals surface area contributed by atoms with Gasteiger partial charge in [-0.25, -0.2) is 0 Å². The highest BCUT2D eigenvalue weighted by atomic mass is 35.5. The van der Waals surface area contributed by atoms with Crippen molar-refractivity contribution in [3.05, 3.63) is 53.6 Å². The normalized spacial score (nSPS) is 18.3. The molecule has 3 rings (SSSR count). The Kier molecular flexibility index (Phi) is 5.47. The lowest BCUT2D eigenvalue weighted by Gasteiger charge is -2.14. The fraction of sp³-hybridized carbons (Fsp3) is 0.300. The molecule has 0 spiro atoms. The maximum Gasteiger partial charge on any atom is 0.228 e. The molecule has 0 bridgehead atoms. The summed E-state index contributed by atoms with van der Waals surface area (Å²) in [5, 5.41) is 6.29. The number of hydrogen-bond donors (Lipinski definition) is 2. The minimum absolute atomic E-state index is 0.00637. The van der Waals surface area contributed by atoms with Crippen molar-refractivity contribution in [2.45, 2.75) is 26.4 Å². The molecule has 1 fully saturated rings. The minimum atomic E-state index is -0.325. The van der Waals surface area contributed by atoms with E-state index in [0.717, 1.165) is 0 Å². The van der Waals surface area contributed by atoms with Crippen LogP contribution in [0.3, 0.4) is 0 Å². The van der Waals surface area contributed by atoms with Crippen molar-refractivity contribution in [3.63, 3.8) is 0 Å². The smallest absolute Gasteiger partial charge is 0.228 e. The van der Waals surface area contributed by atoms with E-state index in [1.165, 1.54) is 0 Å². The summed E-state index contributed by atoms with van der Waals surface area (Å²) in [5.74, 6) is -0.336. The summed E-state index contributed by atoms with van der Waals surface area (Å²) < 4.78 is 5.70. The van der Waals surface area contributed by atoms with Gasteiger partial charge in [-0.1, -0.05) is 23.7 Å². The van der Waals surface area contributed by atoms with E-state index in [1.54, 1.807) is 30.3 Å². The van der Waals surface area contributed by atoms with Crippen LogP contribution in [0.25, 0.3) is 0 Å². The van der Waals surface area contributed by atoms with Crippen molar-refractivity contribution in [2.24, 2.45) is 11.8 Å². The summed E-state index contributed by atoms with van der Waals surface area (Å²) in [7, 11) is 0. The van der Waals surface area contributed by atoms with Crippen LogP contribution in [0.5, 0.6) is 5.75 Å². The summed E-state index contributed by atoms with van der Waals surface area (Å²) in [5.41, 5.74) is 1.29. The Balaban J connectivity index is 1.57. The van der Waals surface area contributed by atoms with Crippen molar-refractivity contribution >= 4 is 34.8 Å². The van der Waals surface area contributed by atoms with Gasteiger partial charge in [0.1, 0.15) is 5.75 Å². The van der Waals surface area contributed by atoms with Gasteiger partial charge < -0.3 is 15.4 Å². The van der Waals surface area contributed by atoms with Gasteiger partial charge in [-0.3, -0.25) is 9.59 Å². The fourth-order valence-corrected chi connectivity index (χ4v) is 2.82. The van der Waals surface area contributed by atoms with Gasteiger partial charge in [0.2, 0.25) is 11.8 Å². The van der Waals surface area contributed by atoms with Crippen LogP contribution in [0.2, 0.25) is 5.02 Å². The molecule has 1 saturated carbocycles. The number of ether oxygens (including phenoxy) is 1. The van der Waals surface area contributed by atoms with E-state index in [4.69, 9.17) is 16.3 Å². The zero-order valence-corrected chi connectivity index (χ0v) is 15.4. The monoisotopic (exact) mass is 372 g/mol. The molecule has 1 aliphatic carbocycles. The van der Waals surface area contributed by atoms with Gasteiger partial charge in [-0.05, 0) is 56.7 Å². The maximum atomic E-state index is 12.5. The van der Waals surface area contributed by atoms with Crippen LogP contribution in [0, 0.1) is 11.8 Å². The number of carbonyl (C=O) groups is 2. The molecular formula is C20H21ClN2O3. The van der Waals surface area contributed by atoms with Crippen LogP contribution in [0.4, 0.5) is 11.4 Å². The summed E-state index contributed by atoms with van der Waals surface area (Å²) >= 11 is 5.83. The molecule has 0 heterocycles. The van der Waals surface area contributed by atoms with Gasteiger partial charge in [0.05, 0.1) is 23.6 Å². The minimum Gasteiger partial charge on any atom is -0.489 e. The highest BCUT2D eigenvalue weighted by Gasteiger charge is 2.48. The van der Waals surface area contributed by atoms with E-state index in [0.29, 0.717) is 28.6 Å². The molecule has 2 aromatic rings. The van der Waals surface area contributed by atoms with Gasteiger partial charge in [0, 0.05) is 10.7 Å². The molecule has 0 aliphatic heterocycles. The van der Waals surface area contributed by atoms with E-state index in [1.807, 2.05) is 32.0 Å². The topological polar surface area (TPSA) is 67.4 Å². The lowest BCUT2D eigenvalue weighted by Crippen LogP contribution is -2.21.